The zero-order valence-corrected chi connectivity index (χ0v) is 8.79. The maximum atomic E-state index is 9.05. The first-order valence-corrected chi connectivity index (χ1v) is 4.75. The summed E-state index contributed by atoms with van der Waals surface area (Å²) in [6, 6.07) is 5.41. The van der Waals surface area contributed by atoms with Crippen molar-refractivity contribution in [3.05, 3.63) is 46.5 Å². The summed E-state index contributed by atoms with van der Waals surface area (Å²) in [5, 5.41) is 9.05. The van der Waals surface area contributed by atoms with Crippen LogP contribution in [0.15, 0.2) is 35.3 Å². The highest BCUT2D eigenvalue weighted by molar-refractivity contribution is 9.10. The molecule has 3 N–H and O–H groups in total. The average Bonchev–Trinajstić information content (AvgIpc) is 2.16. The number of aliphatic hydroxyl groups is 1. The molecule has 0 aliphatic rings. The molecule has 0 aliphatic heterocycles. The van der Waals surface area contributed by atoms with Crippen LogP contribution >= 0.6 is 15.9 Å². The zero-order chi connectivity index (χ0) is 9.84. The molecule has 0 saturated heterocycles. The van der Waals surface area contributed by atoms with Gasteiger partial charge in [0.05, 0.1) is 6.61 Å². The highest BCUT2D eigenvalue weighted by Gasteiger charge is 2.07. The van der Waals surface area contributed by atoms with Crippen molar-refractivity contribution in [3.63, 3.8) is 0 Å². The molecule has 0 aromatic heterocycles. The summed E-state index contributed by atoms with van der Waals surface area (Å²) in [5.41, 5.74) is 7.54. The molecule has 0 heterocycles. The number of nitrogens with two attached hydrogens (primary N) is 1. The number of benzene rings is 1. The third-order valence-electron chi connectivity index (χ3n) is 1.89. The predicted molar refractivity (Wildman–Crippen MR) is 57.2 cm³/mol. The maximum Gasteiger partial charge on any atom is 0.0685 e. The highest BCUT2D eigenvalue weighted by atomic mass is 79.9. The molecular formula is C10H12BrNO. The first-order chi connectivity index (χ1) is 6.19. The molecule has 2 nitrogen and oxygen atoms in total. The van der Waals surface area contributed by atoms with Gasteiger partial charge in [0.2, 0.25) is 0 Å². The smallest absolute Gasteiger partial charge is 0.0685 e. The Morgan fingerprint density at radius 2 is 2.31 bits per heavy atom. The molecule has 0 aliphatic carbocycles. The van der Waals surface area contributed by atoms with Crippen molar-refractivity contribution < 1.29 is 5.11 Å². The van der Waals surface area contributed by atoms with Crippen LogP contribution in [0.1, 0.15) is 17.2 Å². The second kappa shape index (κ2) is 4.56. The number of aliphatic hydroxyl groups excluding tert-OH is 1. The SMILES string of the molecule is C=CC(N)c1cc(Br)ccc1CO. The normalized spacial score (nSPS) is 12.5. The van der Waals surface area contributed by atoms with E-state index in [1.807, 2.05) is 18.2 Å². The number of halogens is 1. The number of hydrogen-bond donors (Lipinski definition) is 2. The summed E-state index contributed by atoms with van der Waals surface area (Å²) in [7, 11) is 0. The van der Waals surface area contributed by atoms with E-state index in [4.69, 9.17) is 10.8 Å². The summed E-state index contributed by atoms with van der Waals surface area (Å²) in [4.78, 5) is 0. The number of hydrogen-bond acceptors (Lipinski definition) is 2. The fraction of sp³-hybridized carbons (Fsp3) is 0.200. The maximum absolute atomic E-state index is 9.05. The van der Waals surface area contributed by atoms with Gasteiger partial charge < -0.3 is 10.8 Å². The van der Waals surface area contributed by atoms with Crippen LogP contribution in [-0.2, 0) is 6.61 Å². The van der Waals surface area contributed by atoms with Gasteiger partial charge in [-0.15, -0.1) is 6.58 Å². The molecule has 1 unspecified atom stereocenters. The molecular weight excluding hydrogens is 230 g/mol. The molecule has 0 fully saturated rings. The summed E-state index contributed by atoms with van der Waals surface area (Å²) in [6.07, 6.45) is 1.65. The topological polar surface area (TPSA) is 46.2 Å². The van der Waals surface area contributed by atoms with Crippen molar-refractivity contribution >= 4 is 15.9 Å². The lowest BCUT2D eigenvalue weighted by atomic mass is 10.0. The van der Waals surface area contributed by atoms with Crippen LogP contribution in [0, 0.1) is 0 Å². The van der Waals surface area contributed by atoms with E-state index in [2.05, 4.69) is 22.5 Å². The van der Waals surface area contributed by atoms with Crippen LogP contribution in [0.2, 0.25) is 0 Å². The minimum Gasteiger partial charge on any atom is -0.392 e. The van der Waals surface area contributed by atoms with Gasteiger partial charge in [0.1, 0.15) is 0 Å². The van der Waals surface area contributed by atoms with Crippen molar-refractivity contribution in [2.24, 2.45) is 5.73 Å². The molecule has 0 amide bonds. The van der Waals surface area contributed by atoms with Gasteiger partial charge in [-0.3, -0.25) is 0 Å². The van der Waals surface area contributed by atoms with E-state index in [1.165, 1.54) is 0 Å². The average molecular weight is 242 g/mol. The van der Waals surface area contributed by atoms with E-state index in [0.717, 1.165) is 15.6 Å². The van der Waals surface area contributed by atoms with Crippen molar-refractivity contribution in [2.75, 3.05) is 0 Å². The van der Waals surface area contributed by atoms with Gasteiger partial charge in [-0.05, 0) is 23.3 Å². The minimum absolute atomic E-state index is 0.00412. The van der Waals surface area contributed by atoms with E-state index < -0.39 is 0 Å². The Balaban J connectivity index is 3.14. The first-order valence-electron chi connectivity index (χ1n) is 3.96. The second-order valence-corrected chi connectivity index (χ2v) is 3.68. The Morgan fingerprint density at radius 1 is 1.62 bits per heavy atom. The Morgan fingerprint density at radius 3 is 2.85 bits per heavy atom. The van der Waals surface area contributed by atoms with Gasteiger partial charge in [-0.1, -0.05) is 28.1 Å². The zero-order valence-electron chi connectivity index (χ0n) is 7.20. The third-order valence-corrected chi connectivity index (χ3v) is 2.38. The van der Waals surface area contributed by atoms with Crippen LogP contribution in [0.25, 0.3) is 0 Å². The van der Waals surface area contributed by atoms with Crippen molar-refractivity contribution in [1.29, 1.82) is 0 Å². The Hall–Kier alpha value is -0.640. The van der Waals surface area contributed by atoms with Gasteiger partial charge in [-0.2, -0.15) is 0 Å². The standard InChI is InChI=1S/C10H12BrNO/c1-2-10(12)9-5-8(11)4-3-7(9)6-13/h2-5,10,13H,1,6,12H2. The second-order valence-electron chi connectivity index (χ2n) is 2.76. The van der Waals surface area contributed by atoms with Gasteiger partial charge >= 0.3 is 0 Å². The molecule has 1 aromatic rings. The Bertz CT molecular complexity index is 312. The van der Waals surface area contributed by atoms with Crippen molar-refractivity contribution in [1.82, 2.24) is 0 Å². The molecule has 1 rings (SSSR count). The lowest BCUT2D eigenvalue weighted by Crippen LogP contribution is -2.09. The molecule has 1 atom stereocenters. The molecule has 3 heteroatoms. The lowest BCUT2D eigenvalue weighted by molar-refractivity contribution is 0.280. The summed E-state index contributed by atoms with van der Waals surface area (Å²) >= 11 is 3.35. The largest absolute Gasteiger partial charge is 0.392 e. The molecule has 0 radical (unpaired) electrons. The molecule has 0 saturated carbocycles. The van der Waals surface area contributed by atoms with Crippen LogP contribution in [0.4, 0.5) is 0 Å². The molecule has 13 heavy (non-hydrogen) atoms. The van der Waals surface area contributed by atoms with E-state index in [-0.39, 0.29) is 12.6 Å². The van der Waals surface area contributed by atoms with Gasteiger partial charge in [-0.25, -0.2) is 0 Å². The van der Waals surface area contributed by atoms with Crippen molar-refractivity contribution in [2.45, 2.75) is 12.6 Å². The summed E-state index contributed by atoms with van der Waals surface area (Å²) < 4.78 is 0.956. The van der Waals surface area contributed by atoms with Crippen LogP contribution < -0.4 is 5.73 Å². The Kier molecular flexibility index (Phi) is 3.66. The first kappa shape index (κ1) is 10.4. The molecule has 0 spiro atoms. The fourth-order valence-corrected chi connectivity index (χ4v) is 1.53. The lowest BCUT2D eigenvalue weighted by Gasteiger charge is -2.11. The van der Waals surface area contributed by atoms with E-state index >= 15 is 0 Å². The molecule has 1 aromatic carbocycles. The fourth-order valence-electron chi connectivity index (χ4n) is 1.15. The van der Waals surface area contributed by atoms with Gasteiger partial charge in [0.15, 0.2) is 0 Å². The van der Waals surface area contributed by atoms with Gasteiger partial charge in [0, 0.05) is 10.5 Å². The van der Waals surface area contributed by atoms with E-state index in [9.17, 15) is 0 Å². The quantitative estimate of drug-likeness (QED) is 0.797. The van der Waals surface area contributed by atoms with Crippen LogP contribution in [0.3, 0.4) is 0 Å². The highest BCUT2D eigenvalue weighted by Crippen LogP contribution is 2.21. The molecule has 0 bridgehead atoms. The van der Waals surface area contributed by atoms with Crippen LogP contribution in [0.5, 0.6) is 0 Å². The summed E-state index contributed by atoms with van der Waals surface area (Å²) in [5.74, 6) is 0. The predicted octanol–water partition coefficient (Wildman–Crippen LogP) is 2.13. The summed E-state index contributed by atoms with van der Waals surface area (Å²) in [6.45, 7) is 3.62. The van der Waals surface area contributed by atoms with E-state index in [1.54, 1.807) is 6.08 Å². The monoisotopic (exact) mass is 241 g/mol. The Labute approximate surface area is 86.2 Å². The van der Waals surface area contributed by atoms with Crippen LogP contribution in [-0.4, -0.2) is 5.11 Å². The van der Waals surface area contributed by atoms with E-state index in [0.29, 0.717) is 0 Å². The minimum atomic E-state index is -0.223. The van der Waals surface area contributed by atoms with Crippen molar-refractivity contribution in [3.8, 4) is 0 Å². The third kappa shape index (κ3) is 2.40. The number of rotatable bonds is 3. The van der Waals surface area contributed by atoms with Gasteiger partial charge in [0.25, 0.3) is 0 Å². The molecule has 70 valence electrons.